The van der Waals surface area contributed by atoms with Gasteiger partial charge in [0.1, 0.15) is 0 Å². The molecule has 1 fully saturated rings. The number of nitrogens with one attached hydrogen (secondary N) is 2. The summed E-state index contributed by atoms with van der Waals surface area (Å²) < 4.78 is 25.0. The summed E-state index contributed by atoms with van der Waals surface area (Å²) in [7, 11) is -3.27. The van der Waals surface area contributed by atoms with Gasteiger partial charge in [0.05, 0.1) is 22.7 Å². The van der Waals surface area contributed by atoms with Gasteiger partial charge in [-0.1, -0.05) is 23.8 Å². The van der Waals surface area contributed by atoms with E-state index >= 15 is 0 Å². The van der Waals surface area contributed by atoms with Gasteiger partial charge in [-0.05, 0) is 37.0 Å². The molecule has 3 rings (SSSR count). The van der Waals surface area contributed by atoms with Crippen LogP contribution in [0.4, 0.5) is 11.4 Å². The van der Waals surface area contributed by atoms with Gasteiger partial charge < -0.3 is 5.32 Å². The number of hydrogen-bond donors (Lipinski definition) is 2. The Bertz CT molecular complexity index is 657. The van der Waals surface area contributed by atoms with Gasteiger partial charge in [0.2, 0.25) is 10.0 Å². The van der Waals surface area contributed by atoms with Gasteiger partial charge in [0, 0.05) is 12.0 Å². The molecule has 108 valence electrons. The third-order valence-electron chi connectivity index (χ3n) is 3.97. The van der Waals surface area contributed by atoms with E-state index in [0.29, 0.717) is 22.7 Å². The van der Waals surface area contributed by atoms with Crippen LogP contribution in [0.2, 0.25) is 5.02 Å². The molecule has 0 bridgehead atoms. The topological polar surface area (TPSA) is 58.2 Å². The Labute approximate surface area is 124 Å². The molecule has 0 aliphatic heterocycles. The fourth-order valence-corrected chi connectivity index (χ4v) is 3.72. The lowest BCUT2D eigenvalue weighted by molar-refractivity contribution is 0.218. The smallest absolute Gasteiger partial charge is 0.229 e. The van der Waals surface area contributed by atoms with Gasteiger partial charge in [-0.3, -0.25) is 4.72 Å². The lowest BCUT2D eigenvalue weighted by atomic mass is 9.71. The molecule has 4 nitrogen and oxygen atoms in total. The Hall–Kier alpha value is -1.20. The number of rotatable bonds is 4. The van der Waals surface area contributed by atoms with Crippen molar-refractivity contribution in [2.45, 2.75) is 18.9 Å². The highest BCUT2D eigenvalue weighted by Crippen LogP contribution is 2.44. The number of anilines is 2. The molecule has 1 aromatic carbocycles. The number of fused-ring (bicyclic) bond motifs is 1. The van der Waals surface area contributed by atoms with Gasteiger partial charge in [0.15, 0.2) is 0 Å². The monoisotopic (exact) mass is 312 g/mol. The van der Waals surface area contributed by atoms with Crippen molar-refractivity contribution in [1.29, 1.82) is 0 Å². The fraction of sp³-hybridized carbons (Fsp3) is 0.429. The van der Waals surface area contributed by atoms with E-state index in [1.165, 1.54) is 6.42 Å². The molecular weight excluding hydrogens is 296 g/mol. The number of benzene rings is 1. The maximum atomic E-state index is 11.3. The zero-order valence-corrected chi connectivity index (χ0v) is 12.7. The van der Waals surface area contributed by atoms with Crippen LogP contribution in [0.15, 0.2) is 30.4 Å². The van der Waals surface area contributed by atoms with Gasteiger partial charge in [0.25, 0.3) is 0 Å². The molecule has 0 aromatic heterocycles. The van der Waals surface area contributed by atoms with Crippen LogP contribution in [0.3, 0.4) is 0 Å². The molecule has 3 unspecified atom stereocenters. The molecule has 1 aromatic rings. The quantitative estimate of drug-likeness (QED) is 0.840. The second-order valence-electron chi connectivity index (χ2n) is 5.56. The van der Waals surface area contributed by atoms with E-state index in [1.807, 2.05) is 0 Å². The standard InChI is InChI=1S/C14H17ClN2O2S/c1-20(18,19)17-10-5-6-12(15)14(8-10)16-13-7-9-3-2-4-11(9)13/h2,4-6,8-9,11,13,16-17H,3,7H2,1H3. The average Bonchev–Trinajstić information content (AvgIpc) is 2.69. The van der Waals surface area contributed by atoms with Crippen LogP contribution in [-0.4, -0.2) is 20.7 Å². The molecule has 2 N–H and O–H groups in total. The lowest BCUT2D eigenvalue weighted by Crippen LogP contribution is -2.43. The van der Waals surface area contributed by atoms with Crippen molar-refractivity contribution in [3.05, 3.63) is 35.4 Å². The first-order chi connectivity index (χ1) is 9.42. The largest absolute Gasteiger partial charge is 0.380 e. The Balaban J connectivity index is 1.75. The number of sulfonamides is 1. The lowest BCUT2D eigenvalue weighted by Gasteiger charge is -2.41. The molecule has 6 heteroatoms. The van der Waals surface area contributed by atoms with Crippen molar-refractivity contribution in [3.8, 4) is 0 Å². The zero-order chi connectivity index (χ0) is 14.3. The summed E-state index contributed by atoms with van der Waals surface area (Å²) in [5.41, 5.74) is 1.31. The second-order valence-corrected chi connectivity index (χ2v) is 7.71. The molecule has 2 aliphatic rings. The molecule has 0 saturated heterocycles. The average molecular weight is 313 g/mol. The van der Waals surface area contributed by atoms with Crippen LogP contribution in [0.5, 0.6) is 0 Å². The molecule has 2 aliphatic carbocycles. The molecule has 0 heterocycles. The summed E-state index contributed by atoms with van der Waals surface area (Å²) in [5.74, 6) is 1.35. The minimum atomic E-state index is -3.27. The van der Waals surface area contributed by atoms with Crippen LogP contribution in [-0.2, 0) is 10.0 Å². The first kappa shape index (κ1) is 13.8. The molecular formula is C14H17ClN2O2S. The summed E-state index contributed by atoms with van der Waals surface area (Å²) in [6.07, 6.45) is 7.94. The van der Waals surface area contributed by atoms with Crippen molar-refractivity contribution < 1.29 is 8.42 Å². The highest BCUT2D eigenvalue weighted by Gasteiger charge is 2.41. The number of halogens is 1. The third kappa shape index (κ3) is 2.79. The van der Waals surface area contributed by atoms with Gasteiger partial charge >= 0.3 is 0 Å². The van der Waals surface area contributed by atoms with E-state index in [2.05, 4.69) is 22.2 Å². The maximum Gasteiger partial charge on any atom is 0.229 e. The Morgan fingerprint density at radius 3 is 2.85 bits per heavy atom. The summed E-state index contributed by atoms with van der Waals surface area (Å²) in [5, 5.41) is 4.03. The van der Waals surface area contributed by atoms with E-state index < -0.39 is 10.0 Å². The van der Waals surface area contributed by atoms with Crippen LogP contribution in [0, 0.1) is 11.8 Å². The highest BCUT2D eigenvalue weighted by atomic mass is 35.5. The Morgan fingerprint density at radius 2 is 2.15 bits per heavy atom. The summed E-state index contributed by atoms with van der Waals surface area (Å²) in [4.78, 5) is 0. The number of hydrogen-bond acceptors (Lipinski definition) is 3. The second kappa shape index (κ2) is 4.97. The fourth-order valence-electron chi connectivity index (χ4n) is 3.00. The van der Waals surface area contributed by atoms with E-state index in [0.717, 1.165) is 24.3 Å². The first-order valence-electron chi connectivity index (χ1n) is 6.63. The van der Waals surface area contributed by atoms with Crippen LogP contribution < -0.4 is 10.0 Å². The maximum absolute atomic E-state index is 11.3. The predicted octanol–water partition coefficient (Wildman–Crippen LogP) is 3.09. The van der Waals surface area contributed by atoms with Gasteiger partial charge in [-0.25, -0.2) is 8.42 Å². The minimum absolute atomic E-state index is 0.393. The van der Waals surface area contributed by atoms with Crippen LogP contribution >= 0.6 is 11.6 Å². The van der Waals surface area contributed by atoms with Crippen LogP contribution in [0.25, 0.3) is 0 Å². The van der Waals surface area contributed by atoms with E-state index in [4.69, 9.17) is 11.6 Å². The first-order valence-corrected chi connectivity index (χ1v) is 8.90. The predicted molar refractivity (Wildman–Crippen MR) is 82.7 cm³/mol. The van der Waals surface area contributed by atoms with E-state index in [1.54, 1.807) is 18.2 Å². The van der Waals surface area contributed by atoms with Gasteiger partial charge in [-0.15, -0.1) is 0 Å². The Kier molecular flexibility index (Phi) is 3.42. The highest BCUT2D eigenvalue weighted by molar-refractivity contribution is 7.92. The molecule has 0 spiro atoms. The van der Waals surface area contributed by atoms with E-state index in [9.17, 15) is 8.42 Å². The Morgan fingerprint density at radius 1 is 1.35 bits per heavy atom. The van der Waals surface area contributed by atoms with Crippen molar-refractivity contribution in [2.75, 3.05) is 16.3 Å². The van der Waals surface area contributed by atoms with Crippen molar-refractivity contribution in [2.24, 2.45) is 11.8 Å². The minimum Gasteiger partial charge on any atom is -0.380 e. The van der Waals surface area contributed by atoms with Crippen LogP contribution in [0.1, 0.15) is 12.8 Å². The molecule has 0 amide bonds. The molecule has 3 atom stereocenters. The van der Waals surface area contributed by atoms with Crippen molar-refractivity contribution in [1.82, 2.24) is 0 Å². The van der Waals surface area contributed by atoms with Crippen molar-refractivity contribution >= 4 is 33.0 Å². The summed E-state index contributed by atoms with van der Waals surface area (Å²) in [6, 6.07) is 5.51. The molecule has 0 radical (unpaired) electrons. The normalized spacial score (nSPS) is 27.8. The van der Waals surface area contributed by atoms with Gasteiger partial charge in [-0.2, -0.15) is 0 Å². The summed E-state index contributed by atoms with van der Waals surface area (Å²) >= 11 is 6.18. The number of allylic oxidation sites excluding steroid dienone is 1. The molecule has 1 saturated carbocycles. The van der Waals surface area contributed by atoms with Crippen molar-refractivity contribution in [3.63, 3.8) is 0 Å². The zero-order valence-electron chi connectivity index (χ0n) is 11.1. The third-order valence-corrected chi connectivity index (χ3v) is 4.91. The molecule has 20 heavy (non-hydrogen) atoms. The van der Waals surface area contributed by atoms with E-state index in [-0.39, 0.29) is 0 Å². The SMILES string of the molecule is CS(=O)(=O)Nc1ccc(Cl)c(NC2CC3CC=CC32)c1. The summed E-state index contributed by atoms with van der Waals surface area (Å²) in [6.45, 7) is 0.